The third-order valence-electron chi connectivity index (χ3n) is 4.42. The maximum Gasteiger partial charge on any atom is 0.191 e. The zero-order valence-corrected chi connectivity index (χ0v) is 16.1. The van der Waals surface area contributed by atoms with Gasteiger partial charge in [-0.1, -0.05) is 12.1 Å². The molecule has 1 aliphatic heterocycles. The topological polar surface area (TPSA) is 54.9 Å². The van der Waals surface area contributed by atoms with Crippen LogP contribution < -0.4 is 15.4 Å². The predicted octanol–water partition coefficient (Wildman–Crippen LogP) is 3.44. The largest absolute Gasteiger partial charge is 0.467 e. The minimum absolute atomic E-state index is 0.181. The molecule has 28 heavy (non-hydrogen) atoms. The Labute approximate surface area is 163 Å². The number of hydrogen-bond acceptors (Lipinski definition) is 3. The van der Waals surface area contributed by atoms with Crippen molar-refractivity contribution < 1.29 is 18.3 Å². The van der Waals surface area contributed by atoms with E-state index >= 15 is 0 Å². The van der Waals surface area contributed by atoms with Crippen LogP contribution in [0.1, 0.15) is 29.2 Å². The summed E-state index contributed by atoms with van der Waals surface area (Å²) >= 11 is 0. The van der Waals surface area contributed by atoms with Crippen molar-refractivity contribution >= 4 is 5.96 Å². The van der Waals surface area contributed by atoms with Gasteiger partial charge in [0.25, 0.3) is 0 Å². The number of nitrogens with one attached hydrogen (secondary N) is 2. The molecule has 0 radical (unpaired) electrons. The molecule has 1 heterocycles. The summed E-state index contributed by atoms with van der Waals surface area (Å²) in [5.74, 6) is 0.844. The molecule has 1 aliphatic rings. The summed E-state index contributed by atoms with van der Waals surface area (Å²) in [6.07, 6.45) is 0.583. The molecule has 0 saturated carbocycles. The normalized spacial score (nSPS) is 13.6. The summed E-state index contributed by atoms with van der Waals surface area (Å²) in [5, 5.41) is 6.43. The summed E-state index contributed by atoms with van der Waals surface area (Å²) < 4.78 is 38.0. The summed E-state index contributed by atoms with van der Waals surface area (Å²) in [6, 6.07) is 7.92. The SMILES string of the molecule is CCNC(=NCc1ccc(F)c(C)c1)NCCc1cc(F)cc2c1OCOC2. The Balaban J connectivity index is 1.62. The molecular weight excluding hydrogens is 364 g/mol. The van der Waals surface area contributed by atoms with Gasteiger partial charge in [0.15, 0.2) is 12.8 Å². The van der Waals surface area contributed by atoms with Gasteiger partial charge in [0.1, 0.15) is 17.4 Å². The lowest BCUT2D eigenvalue weighted by Crippen LogP contribution is -2.38. The lowest BCUT2D eigenvalue weighted by Gasteiger charge is -2.21. The Morgan fingerprint density at radius 2 is 2.04 bits per heavy atom. The van der Waals surface area contributed by atoms with Gasteiger partial charge in [0, 0.05) is 18.7 Å². The zero-order chi connectivity index (χ0) is 19.9. The average Bonchev–Trinajstić information content (AvgIpc) is 2.68. The van der Waals surface area contributed by atoms with Crippen molar-refractivity contribution in [3.63, 3.8) is 0 Å². The van der Waals surface area contributed by atoms with Crippen LogP contribution in [-0.4, -0.2) is 25.8 Å². The Bertz CT molecular complexity index is 856. The van der Waals surface area contributed by atoms with Gasteiger partial charge >= 0.3 is 0 Å². The van der Waals surface area contributed by atoms with Gasteiger partial charge < -0.3 is 20.1 Å². The molecule has 0 bridgehead atoms. The van der Waals surface area contributed by atoms with Crippen LogP contribution in [0.2, 0.25) is 0 Å². The van der Waals surface area contributed by atoms with E-state index in [1.54, 1.807) is 19.1 Å². The molecule has 0 aromatic heterocycles. The second-order valence-corrected chi connectivity index (χ2v) is 6.62. The van der Waals surface area contributed by atoms with E-state index in [9.17, 15) is 8.78 Å². The van der Waals surface area contributed by atoms with Crippen LogP contribution in [0.15, 0.2) is 35.3 Å². The molecule has 0 spiro atoms. The highest BCUT2D eigenvalue weighted by Crippen LogP contribution is 2.29. The van der Waals surface area contributed by atoms with E-state index in [1.807, 2.05) is 6.92 Å². The van der Waals surface area contributed by atoms with Crippen molar-refractivity contribution in [3.05, 3.63) is 64.2 Å². The van der Waals surface area contributed by atoms with Crippen LogP contribution in [0, 0.1) is 18.6 Å². The number of rotatable bonds is 6. The molecule has 0 saturated heterocycles. The predicted molar refractivity (Wildman–Crippen MR) is 104 cm³/mol. The number of ether oxygens (including phenoxy) is 2. The van der Waals surface area contributed by atoms with E-state index in [-0.39, 0.29) is 18.4 Å². The number of benzene rings is 2. The molecule has 150 valence electrons. The van der Waals surface area contributed by atoms with Gasteiger partial charge in [0.05, 0.1) is 13.2 Å². The number of fused-ring (bicyclic) bond motifs is 1. The van der Waals surface area contributed by atoms with Gasteiger partial charge in [-0.05, 0) is 55.2 Å². The van der Waals surface area contributed by atoms with Crippen LogP contribution in [0.4, 0.5) is 8.78 Å². The highest BCUT2D eigenvalue weighted by atomic mass is 19.1. The fourth-order valence-electron chi connectivity index (χ4n) is 3.08. The first-order valence-electron chi connectivity index (χ1n) is 9.36. The lowest BCUT2D eigenvalue weighted by molar-refractivity contribution is -0.0172. The molecule has 2 aromatic rings. The van der Waals surface area contributed by atoms with Crippen LogP contribution in [0.25, 0.3) is 0 Å². The number of halogens is 2. The zero-order valence-electron chi connectivity index (χ0n) is 16.1. The van der Waals surface area contributed by atoms with Crippen LogP contribution in [-0.2, 0) is 24.3 Å². The van der Waals surface area contributed by atoms with Crippen molar-refractivity contribution in [1.82, 2.24) is 10.6 Å². The Hall–Kier alpha value is -2.67. The molecule has 7 heteroatoms. The molecule has 0 amide bonds. The quantitative estimate of drug-likeness (QED) is 0.587. The van der Waals surface area contributed by atoms with E-state index in [2.05, 4.69) is 15.6 Å². The molecule has 0 aliphatic carbocycles. The molecule has 5 nitrogen and oxygen atoms in total. The van der Waals surface area contributed by atoms with Crippen molar-refractivity contribution in [1.29, 1.82) is 0 Å². The smallest absolute Gasteiger partial charge is 0.191 e. The summed E-state index contributed by atoms with van der Waals surface area (Å²) in [6.45, 7) is 5.97. The minimum Gasteiger partial charge on any atom is -0.467 e. The Morgan fingerprint density at radius 1 is 1.18 bits per heavy atom. The number of hydrogen-bond donors (Lipinski definition) is 2. The maximum absolute atomic E-state index is 13.8. The van der Waals surface area contributed by atoms with Gasteiger partial charge in [-0.3, -0.25) is 0 Å². The summed E-state index contributed by atoms with van der Waals surface area (Å²) in [7, 11) is 0. The highest BCUT2D eigenvalue weighted by Gasteiger charge is 2.16. The number of nitrogens with zero attached hydrogens (tertiary/aromatic N) is 1. The standard InChI is InChI=1S/C21H25F2N3O2/c1-3-24-21(26-11-15-4-5-19(23)14(2)8-15)25-7-6-16-9-18(22)10-17-12-27-13-28-20(16)17/h4-5,8-10H,3,6-7,11-13H2,1-2H3,(H2,24,25,26). The van der Waals surface area contributed by atoms with E-state index < -0.39 is 0 Å². The first kappa shape index (κ1) is 20.1. The third-order valence-corrected chi connectivity index (χ3v) is 4.42. The van der Waals surface area contributed by atoms with Gasteiger partial charge in [-0.25, -0.2) is 13.8 Å². The van der Waals surface area contributed by atoms with Crippen molar-refractivity contribution in [2.24, 2.45) is 4.99 Å². The van der Waals surface area contributed by atoms with Crippen molar-refractivity contribution in [2.45, 2.75) is 33.4 Å². The third kappa shape index (κ3) is 5.19. The van der Waals surface area contributed by atoms with E-state index in [1.165, 1.54) is 18.2 Å². The summed E-state index contributed by atoms with van der Waals surface area (Å²) in [4.78, 5) is 4.54. The fraction of sp³-hybridized carbons (Fsp3) is 0.381. The van der Waals surface area contributed by atoms with Crippen LogP contribution >= 0.6 is 0 Å². The fourth-order valence-corrected chi connectivity index (χ4v) is 3.08. The van der Waals surface area contributed by atoms with Crippen molar-refractivity contribution in [3.8, 4) is 5.75 Å². The monoisotopic (exact) mass is 389 g/mol. The first-order valence-corrected chi connectivity index (χ1v) is 9.36. The second kappa shape index (κ2) is 9.50. The molecule has 0 fully saturated rings. The Morgan fingerprint density at radius 3 is 2.82 bits per heavy atom. The molecule has 0 unspecified atom stereocenters. The second-order valence-electron chi connectivity index (χ2n) is 6.62. The minimum atomic E-state index is -0.296. The molecule has 3 rings (SSSR count). The first-order chi connectivity index (χ1) is 13.6. The van der Waals surface area contributed by atoms with E-state index in [0.717, 1.165) is 16.7 Å². The van der Waals surface area contributed by atoms with Gasteiger partial charge in [0.2, 0.25) is 0 Å². The molecule has 2 N–H and O–H groups in total. The molecular formula is C21H25F2N3O2. The van der Waals surface area contributed by atoms with Crippen molar-refractivity contribution in [2.75, 3.05) is 19.9 Å². The van der Waals surface area contributed by atoms with Crippen LogP contribution in [0.3, 0.4) is 0 Å². The number of guanidine groups is 1. The number of aryl methyl sites for hydroxylation is 1. The number of aliphatic imine (C=N–C) groups is 1. The van der Waals surface area contributed by atoms with Crippen LogP contribution in [0.5, 0.6) is 5.75 Å². The van der Waals surface area contributed by atoms with Gasteiger partial charge in [-0.2, -0.15) is 0 Å². The Kier molecular flexibility index (Phi) is 6.81. The molecule has 0 atom stereocenters. The molecule has 2 aromatic carbocycles. The van der Waals surface area contributed by atoms with E-state index in [0.29, 0.717) is 49.9 Å². The average molecular weight is 389 g/mol. The van der Waals surface area contributed by atoms with Gasteiger partial charge in [-0.15, -0.1) is 0 Å². The lowest BCUT2D eigenvalue weighted by atomic mass is 10.1. The summed E-state index contributed by atoms with van der Waals surface area (Å²) in [5.41, 5.74) is 3.07. The highest BCUT2D eigenvalue weighted by molar-refractivity contribution is 5.79. The van der Waals surface area contributed by atoms with E-state index in [4.69, 9.17) is 9.47 Å². The maximum atomic E-state index is 13.8.